The largest absolute Gasteiger partial charge is 0.327 e. The highest BCUT2D eigenvalue weighted by Crippen LogP contribution is 2.38. The van der Waals surface area contributed by atoms with Gasteiger partial charge in [0.05, 0.1) is 0 Å². The zero-order valence-corrected chi connectivity index (χ0v) is 15.1. The summed E-state index contributed by atoms with van der Waals surface area (Å²) in [5.41, 5.74) is 7.01. The van der Waals surface area contributed by atoms with Crippen LogP contribution in [0.3, 0.4) is 0 Å². The van der Waals surface area contributed by atoms with Crippen LogP contribution in [0.2, 0.25) is 0 Å². The molecule has 0 amide bonds. The Hall–Kier alpha value is -0.0800. The number of hydrogen-bond acceptors (Lipinski definition) is 2. The summed E-state index contributed by atoms with van der Waals surface area (Å²) in [4.78, 5) is 2.64. The molecule has 2 nitrogen and oxygen atoms in total. The van der Waals surface area contributed by atoms with Crippen LogP contribution in [0.1, 0.15) is 72.6 Å². The second-order valence-electron chi connectivity index (χ2n) is 9.08. The van der Waals surface area contributed by atoms with Crippen molar-refractivity contribution in [1.82, 2.24) is 4.90 Å². The summed E-state index contributed by atoms with van der Waals surface area (Å²) in [5, 5.41) is 0. The molecule has 2 rings (SSSR count). The zero-order valence-electron chi connectivity index (χ0n) is 15.1. The SMILES string of the molecule is CC(C)C1CCC(N)C(CN(C)C2CCC(C)(C)CC2)C1. The van der Waals surface area contributed by atoms with Crippen LogP contribution in [0.25, 0.3) is 0 Å². The number of nitrogens with two attached hydrogens (primary N) is 1. The molecular weight excluding hydrogens is 256 g/mol. The molecule has 0 aliphatic heterocycles. The van der Waals surface area contributed by atoms with E-state index < -0.39 is 0 Å². The fourth-order valence-corrected chi connectivity index (χ4v) is 4.48. The Bertz CT molecular complexity index is 314. The van der Waals surface area contributed by atoms with Gasteiger partial charge in [-0.3, -0.25) is 0 Å². The molecular formula is C19H38N2. The monoisotopic (exact) mass is 294 g/mol. The lowest BCUT2D eigenvalue weighted by molar-refractivity contribution is 0.0881. The predicted octanol–water partition coefficient (Wildman–Crippen LogP) is 4.29. The normalized spacial score (nSPS) is 34.6. The summed E-state index contributed by atoms with van der Waals surface area (Å²) in [7, 11) is 2.34. The molecule has 21 heavy (non-hydrogen) atoms. The van der Waals surface area contributed by atoms with E-state index in [4.69, 9.17) is 5.73 Å². The molecule has 3 atom stereocenters. The average molecular weight is 295 g/mol. The second kappa shape index (κ2) is 7.00. The van der Waals surface area contributed by atoms with Crippen molar-refractivity contribution in [3.63, 3.8) is 0 Å². The highest BCUT2D eigenvalue weighted by Gasteiger charge is 2.33. The third-order valence-electron chi connectivity index (χ3n) is 6.48. The quantitative estimate of drug-likeness (QED) is 0.838. The lowest BCUT2D eigenvalue weighted by Crippen LogP contribution is -2.46. The molecule has 0 bridgehead atoms. The van der Waals surface area contributed by atoms with E-state index >= 15 is 0 Å². The van der Waals surface area contributed by atoms with E-state index in [2.05, 4.69) is 39.6 Å². The van der Waals surface area contributed by atoms with Gasteiger partial charge < -0.3 is 10.6 Å². The molecule has 2 aliphatic carbocycles. The van der Waals surface area contributed by atoms with E-state index in [0.717, 1.165) is 17.9 Å². The van der Waals surface area contributed by atoms with Gasteiger partial charge in [0.1, 0.15) is 0 Å². The molecule has 0 heterocycles. The summed E-state index contributed by atoms with van der Waals surface area (Å²) in [5.74, 6) is 2.43. The van der Waals surface area contributed by atoms with Gasteiger partial charge in [0.25, 0.3) is 0 Å². The van der Waals surface area contributed by atoms with Gasteiger partial charge in [0.2, 0.25) is 0 Å². The van der Waals surface area contributed by atoms with E-state index in [-0.39, 0.29) is 0 Å². The van der Waals surface area contributed by atoms with Crippen LogP contribution >= 0.6 is 0 Å². The van der Waals surface area contributed by atoms with Crippen molar-refractivity contribution in [3.8, 4) is 0 Å². The molecule has 2 N–H and O–H groups in total. The van der Waals surface area contributed by atoms with Crippen LogP contribution in [0.5, 0.6) is 0 Å². The van der Waals surface area contributed by atoms with Gasteiger partial charge >= 0.3 is 0 Å². The van der Waals surface area contributed by atoms with Gasteiger partial charge in [-0.05, 0) is 75.2 Å². The number of rotatable bonds is 4. The number of hydrogen-bond donors (Lipinski definition) is 1. The van der Waals surface area contributed by atoms with Crippen LogP contribution in [0.4, 0.5) is 0 Å². The van der Waals surface area contributed by atoms with Crippen LogP contribution in [0, 0.1) is 23.2 Å². The molecule has 0 spiro atoms. The van der Waals surface area contributed by atoms with E-state index in [1.807, 2.05) is 0 Å². The van der Waals surface area contributed by atoms with Crippen molar-refractivity contribution >= 4 is 0 Å². The first-order valence-corrected chi connectivity index (χ1v) is 9.24. The van der Waals surface area contributed by atoms with Gasteiger partial charge in [0, 0.05) is 18.6 Å². The van der Waals surface area contributed by atoms with Crippen LogP contribution < -0.4 is 5.73 Å². The molecule has 2 fully saturated rings. The first kappa shape index (κ1) is 17.3. The zero-order chi connectivity index (χ0) is 15.6. The third kappa shape index (κ3) is 4.69. The molecule has 0 aromatic heterocycles. The molecule has 2 saturated carbocycles. The second-order valence-corrected chi connectivity index (χ2v) is 9.08. The summed E-state index contributed by atoms with van der Waals surface area (Å²) in [6.07, 6.45) is 9.44. The minimum atomic E-state index is 0.433. The van der Waals surface area contributed by atoms with Crippen molar-refractivity contribution in [3.05, 3.63) is 0 Å². The van der Waals surface area contributed by atoms with Gasteiger partial charge in [-0.15, -0.1) is 0 Å². The van der Waals surface area contributed by atoms with Crippen molar-refractivity contribution in [2.24, 2.45) is 28.9 Å². The predicted molar refractivity (Wildman–Crippen MR) is 92.3 cm³/mol. The molecule has 2 aliphatic rings. The highest BCUT2D eigenvalue weighted by atomic mass is 15.1. The van der Waals surface area contributed by atoms with E-state index in [1.54, 1.807) is 0 Å². The average Bonchev–Trinajstić information content (AvgIpc) is 2.40. The Morgan fingerprint density at radius 1 is 1.10 bits per heavy atom. The molecule has 0 radical (unpaired) electrons. The maximum Gasteiger partial charge on any atom is 0.00927 e. The lowest BCUT2D eigenvalue weighted by Gasteiger charge is -2.42. The molecule has 124 valence electrons. The van der Waals surface area contributed by atoms with Crippen LogP contribution in [0.15, 0.2) is 0 Å². The Kier molecular flexibility index (Phi) is 5.76. The number of nitrogens with zero attached hydrogens (tertiary/aromatic N) is 1. The Balaban J connectivity index is 1.85. The summed E-state index contributed by atoms with van der Waals surface area (Å²) >= 11 is 0. The highest BCUT2D eigenvalue weighted by molar-refractivity contribution is 4.88. The van der Waals surface area contributed by atoms with Gasteiger partial charge in [0.15, 0.2) is 0 Å². The van der Waals surface area contributed by atoms with Crippen LogP contribution in [-0.2, 0) is 0 Å². The molecule has 0 saturated heterocycles. The van der Waals surface area contributed by atoms with Crippen LogP contribution in [-0.4, -0.2) is 30.6 Å². The van der Waals surface area contributed by atoms with Crippen molar-refractivity contribution in [2.75, 3.05) is 13.6 Å². The minimum absolute atomic E-state index is 0.433. The Labute approximate surface area is 132 Å². The van der Waals surface area contributed by atoms with E-state index in [0.29, 0.717) is 17.4 Å². The molecule has 3 unspecified atom stereocenters. The molecule has 0 aromatic rings. The lowest BCUT2D eigenvalue weighted by atomic mass is 9.73. The van der Waals surface area contributed by atoms with E-state index in [1.165, 1.54) is 51.5 Å². The standard InChI is InChI=1S/C19H38N2/c1-14(2)15-6-7-18(20)16(12-15)13-21(5)17-8-10-19(3,4)11-9-17/h14-18H,6-13,20H2,1-5H3. The Morgan fingerprint density at radius 3 is 2.29 bits per heavy atom. The third-order valence-corrected chi connectivity index (χ3v) is 6.48. The fourth-order valence-electron chi connectivity index (χ4n) is 4.48. The first-order chi connectivity index (χ1) is 9.78. The summed E-state index contributed by atoms with van der Waals surface area (Å²) < 4.78 is 0. The van der Waals surface area contributed by atoms with E-state index in [9.17, 15) is 0 Å². The maximum absolute atomic E-state index is 6.44. The minimum Gasteiger partial charge on any atom is -0.327 e. The van der Waals surface area contributed by atoms with Crippen molar-refractivity contribution in [2.45, 2.75) is 84.7 Å². The van der Waals surface area contributed by atoms with Crippen molar-refractivity contribution < 1.29 is 0 Å². The summed E-state index contributed by atoms with van der Waals surface area (Å²) in [6.45, 7) is 10.8. The molecule has 0 aromatic carbocycles. The van der Waals surface area contributed by atoms with Gasteiger partial charge in [-0.2, -0.15) is 0 Å². The first-order valence-electron chi connectivity index (χ1n) is 9.24. The van der Waals surface area contributed by atoms with Gasteiger partial charge in [-0.25, -0.2) is 0 Å². The topological polar surface area (TPSA) is 29.3 Å². The van der Waals surface area contributed by atoms with Gasteiger partial charge in [-0.1, -0.05) is 27.7 Å². The maximum atomic E-state index is 6.44. The summed E-state index contributed by atoms with van der Waals surface area (Å²) in [6, 6.07) is 1.23. The smallest absolute Gasteiger partial charge is 0.00927 e. The Morgan fingerprint density at radius 2 is 1.71 bits per heavy atom. The molecule has 2 heteroatoms. The van der Waals surface area contributed by atoms with Crippen molar-refractivity contribution in [1.29, 1.82) is 0 Å². The fraction of sp³-hybridized carbons (Fsp3) is 1.00.